The number of aromatic nitrogens is 2. The van der Waals surface area contributed by atoms with Crippen LogP contribution in [-0.2, 0) is 27.2 Å². The van der Waals surface area contributed by atoms with Crippen molar-refractivity contribution in [2.24, 2.45) is 0 Å². The van der Waals surface area contributed by atoms with E-state index in [0.717, 1.165) is 44.7 Å². The van der Waals surface area contributed by atoms with Crippen molar-refractivity contribution in [1.82, 2.24) is 14.5 Å². The number of anilines is 2. The van der Waals surface area contributed by atoms with Crippen LogP contribution in [0.5, 0.6) is 0 Å². The SMILES string of the molecule is CCOC(=O)C1=C(C)Nc2c(c(N3CCN(CCc4ccccc4)CC3)nc(=O)n2CCOC)C1C. The Hall–Kier alpha value is -3.17. The largest absolute Gasteiger partial charge is 0.463 e. The summed E-state index contributed by atoms with van der Waals surface area (Å²) in [4.78, 5) is 35.1. The third-order valence-electron chi connectivity index (χ3n) is 7.02. The van der Waals surface area contributed by atoms with Crippen LogP contribution >= 0.6 is 0 Å². The second-order valence-electron chi connectivity index (χ2n) is 9.29. The third-order valence-corrected chi connectivity index (χ3v) is 7.02. The standard InChI is InChI=1S/C27H37N5O4/c1-5-36-26(33)22-19(2)23-24(29-27(34)32(17-18-35-4)25(23)28-20(22)3)31-15-13-30(14-16-31)12-11-21-9-7-6-8-10-21/h6-10,19,28H,5,11-18H2,1-4H3. The molecular formula is C27H37N5O4. The zero-order chi connectivity index (χ0) is 25.7. The Morgan fingerprint density at radius 1 is 1.14 bits per heavy atom. The van der Waals surface area contributed by atoms with Crippen LogP contribution in [0.1, 0.15) is 37.8 Å². The molecule has 36 heavy (non-hydrogen) atoms. The zero-order valence-corrected chi connectivity index (χ0v) is 21.7. The van der Waals surface area contributed by atoms with E-state index >= 15 is 0 Å². The Kier molecular flexibility index (Phi) is 8.43. The first kappa shape index (κ1) is 25.9. The van der Waals surface area contributed by atoms with Crippen LogP contribution in [0, 0.1) is 0 Å². The Labute approximate surface area is 212 Å². The minimum Gasteiger partial charge on any atom is -0.463 e. The number of hydrogen-bond acceptors (Lipinski definition) is 8. The van der Waals surface area contributed by atoms with Gasteiger partial charge in [-0.05, 0) is 25.8 Å². The van der Waals surface area contributed by atoms with Gasteiger partial charge < -0.3 is 19.7 Å². The third kappa shape index (κ3) is 5.47. The number of hydrogen-bond donors (Lipinski definition) is 1. The van der Waals surface area contributed by atoms with Gasteiger partial charge in [0.05, 0.1) is 25.3 Å². The lowest BCUT2D eigenvalue weighted by Crippen LogP contribution is -2.48. The molecule has 0 spiro atoms. The number of allylic oxidation sites excluding steroid dienone is 1. The summed E-state index contributed by atoms with van der Waals surface area (Å²) in [6.07, 6.45) is 1.01. The van der Waals surface area contributed by atoms with Crippen LogP contribution in [0.15, 0.2) is 46.4 Å². The molecule has 1 atom stereocenters. The second-order valence-corrected chi connectivity index (χ2v) is 9.29. The van der Waals surface area contributed by atoms with Crippen LogP contribution in [0.2, 0.25) is 0 Å². The fraction of sp³-hybridized carbons (Fsp3) is 0.519. The van der Waals surface area contributed by atoms with Crippen LogP contribution in [0.4, 0.5) is 11.6 Å². The molecular weight excluding hydrogens is 458 g/mol. The normalized spacial score (nSPS) is 18.1. The van der Waals surface area contributed by atoms with E-state index in [4.69, 9.17) is 9.47 Å². The van der Waals surface area contributed by atoms with Gasteiger partial charge in [0.2, 0.25) is 0 Å². The van der Waals surface area contributed by atoms with Crippen LogP contribution < -0.4 is 15.9 Å². The van der Waals surface area contributed by atoms with Gasteiger partial charge in [-0.1, -0.05) is 37.3 Å². The van der Waals surface area contributed by atoms with Gasteiger partial charge in [-0.25, -0.2) is 9.59 Å². The first-order valence-electron chi connectivity index (χ1n) is 12.7. The molecule has 1 aromatic carbocycles. The first-order valence-corrected chi connectivity index (χ1v) is 12.7. The maximum absolute atomic E-state index is 13.1. The molecule has 1 unspecified atom stereocenters. The number of ether oxygens (including phenoxy) is 2. The summed E-state index contributed by atoms with van der Waals surface area (Å²) in [6.45, 7) is 11.0. The smallest absolute Gasteiger partial charge is 0.351 e. The highest BCUT2D eigenvalue weighted by molar-refractivity contribution is 5.94. The summed E-state index contributed by atoms with van der Waals surface area (Å²) in [6, 6.07) is 10.5. The fourth-order valence-corrected chi connectivity index (χ4v) is 5.09. The number of piperazine rings is 1. The fourth-order valence-electron chi connectivity index (χ4n) is 5.09. The predicted octanol–water partition coefficient (Wildman–Crippen LogP) is 2.62. The Morgan fingerprint density at radius 2 is 1.86 bits per heavy atom. The number of nitrogens with one attached hydrogen (secondary N) is 1. The molecule has 9 nitrogen and oxygen atoms in total. The molecule has 1 saturated heterocycles. The number of fused-ring (bicyclic) bond motifs is 1. The lowest BCUT2D eigenvalue weighted by atomic mass is 9.88. The minimum absolute atomic E-state index is 0.270. The molecule has 0 radical (unpaired) electrons. The van der Waals surface area contributed by atoms with Crippen LogP contribution in [0.25, 0.3) is 0 Å². The molecule has 2 aromatic rings. The van der Waals surface area contributed by atoms with Crippen molar-refractivity contribution in [3.05, 3.63) is 63.2 Å². The number of carbonyl (C=O) groups excluding carboxylic acids is 1. The molecule has 2 aliphatic rings. The van der Waals surface area contributed by atoms with Gasteiger partial charge in [-0.2, -0.15) is 4.98 Å². The average molecular weight is 496 g/mol. The highest BCUT2D eigenvalue weighted by Gasteiger charge is 2.35. The predicted molar refractivity (Wildman–Crippen MR) is 141 cm³/mol. The molecule has 0 saturated carbocycles. The van der Waals surface area contributed by atoms with E-state index in [1.165, 1.54) is 5.56 Å². The van der Waals surface area contributed by atoms with Gasteiger partial charge in [0.25, 0.3) is 0 Å². The molecule has 2 aliphatic heterocycles. The van der Waals surface area contributed by atoms with Crippen LogP contribution in [-0.4, -0.2) is 73.5 Å². The van der Waals surface area contributed by atoms with Crippen molar-refractivity contribution < 1.29 is 14.3 Å². The first-order chi connectivity index (χ1) is 17.4. The Bertz CT molecular complexity index is 1150. The number of carbonyl (C=O) groups is 1. The van der Waals surface area contributed by atoms with Crippen molar-refractivity contribution in [2.45, 2.75) is 39.7 Å². The molecule has 1 aromatic heterocycles. The van der Waals surface area contributed by atoms with E-state index in [9.17, 15) is 9.59 Å². The average Bonchev–Trinajstić information content (AvgIpc) is 2.87. The molecule has 9 heteroatoms. The molecule has 0 amide bonds. The van der Waals surface area contributed by atoms with Crippen LogP contribution in [0.3, 0.4) is 0 Å². The van der Waals surface area contributed by atoms with E-state index in [1.807, 2.05) is 19.9 Å². The number of methoxy groups -OCH3 is 1. The highest BCUT2D eigenvalue weighted by atomic mass is 16.5. The maximum Gasteiger partial charge on any atom is 0.351 e. The lowest BCUT2D eigenvalue weighted by molar-refractivity contribution is -0.138. The summed E-state index contributed by atoms with van der Waals surface area (Å²) < 4.78 is 12.2. The number of benzene rings is 1. The Balaban J connectivity index is 1.59. The van der Waals surface area contributed by atoms with Gasteiger partial charge in [-0.15, -0.1) is 0 Å². The summed E-state index contributed by atoms with van der Waals surface area (Å²) >= 11 is 0. The van der Waals surface area contributed by atoms with E-state index in [-0.39, 0.29) is 17.6 Å². The zero-order valence-electron chi connectivity index (χ0n) is 21.7. The molecule has 4 rings (SSSR count). The molecule has 1 N–H and O–H groups in total. The number of rotatable bonds is 9. The van der Waals surface area contributed by atoms with Gasteiger partial charge in [0.15, 0.2) is 0 Å². The summed E-state index contributed by atoms with van der Waals surface area (Å²) in [5.74, 6) is 0.729. The molecule has 0 aliphatic carbocycles. The topological polar surface area (TPSA) is 88.9 Å². The van der Waals surface area contributed by atoms with Crippen molar-refractivity contribution in [3.8, 4) is 0 Å². The quantitative estimate of drug-likeness (QED) is 0.531. The molecule has 3 heterocycles. The number of nitrogens with zero attached hydrogens (tertiary/aromatic N) is 4. The molecule has 1 fully saturated rings. The van der Waals surface area contributed by atoms with Gasteiger partial charge in [0.1, 0.15) is 11.6 Å². The highest BCUT2D eigenvalue weighted by Crippen LogP contribution is 2.41. The van der Waals surface area contributed by atoms with Gasteiger partial charge in [-0.3, -0.25) is 9.47 Å². The molecule has 0 bridgehead atoms. The monoisotopic (exact) mass is 495 g/mol. The van der Waals surface area contributed by atoms with E-state index in [1.54, 1.807) is 18.6 Å². The summed E-state index contributed by atoms with van der Waals surface area (Å²) in [5.41, 5.74) is 3.15. The van der Waals surface area contributed by atoms with E-state index in [2.05, 4.69) is 44.4 Å². The second kappa shape index (κ2) is 11.7. The van der Waals surface area contributed by atoms with Crippen molar-refractivity contribution in [3.63, 3.8) is 0 Å². The lowest BCUT2D eigenvalue weighted by Gasteiger charge is -2.38. The van der Waals surface area contributed by atoms with E-state index in [0.29, 0.717) is 42.7 Å². The number of esters is 1. The maximum atomic E-state index is 13.1. The Morgan fingerprint density at radius 3 is 2.53 bits per heavy atom. The van der Waals surface area contributed by atoms with Gasteiger partial charge in [0, 0.05) is 57.0 Å². The summed E-state index contributed by atoms with van der Waals surface area (Å²) in [7, 11) is 1.61. The van der Waals surface area contributed by atoms with Crippen molar-refractivity contribution in [1.29, 1.82) is 0 Å². The van der Waals surface area contributed by atoms with Gasteiger partial charge >= 0.3 is 11.7 Å². The van der Waals surface area contributed by atoms with Crippen molar-refractivity contribution in [2.75, 3.05) is 63.3 Å². The van der Waals surface area contributed by atoms with E-state index < -0.39 is 0 Å². The molecule has 194 valence electrons. The minimum atomic E-state index is -0.341. The van der Waals surface area contributed by atoms with Crippen molar-refractivity contribution >= 4 is 17.6 Å². The summed E-state index contributed by atoms with van der Waals surface area (Å²) in [5, 5.41) is 3.33.